The predicted octanol–water partition coefficient (Wildman–Crippen LogP) is 1.29. The second kappa shape index (κ2) is 3.38. The van der Waals surface area contributed by atoms with Crippen LogP contribution >= 0.6 is 0 Å². The smallest absolute Gasteiger partial charge is 0.192 e. The molecule has 0 aliphatic carbocycles. The van der Waals surface area contributed by atoms with E-state index in [9.17, 15) is 8.78 Å². The van der Waals surface area contributed by atoms with E-state index in [1.54, 1.807) is 0 Å². The number of anilines is 1. The van der Waals surface area contributed by atoms with Crippen molar-refractivity contribution in [2.45, 2.75) is 0 Å². The molecular weight excluding hydrogens is 176 g/mol. The lowest BCUT2D eigenvalue weighted by atomic mass is 10.3. The lowest BCUT2D eigenvalue weighted by Crippen LogP contribution is -2.32. The number of guanidine groups is 1. The van der Waals surface area contributed by atoms with Crippen LogP contribution in [0, 0.1) is 17.0 Å². The number of nitrogens with one attached hydrogen (secondary N) is 1. The molecule has 0 aliphatic heterocycles. The van der Waals surface area contributed by atoms with Crippen molar-refractivity contribution in [3.8, 4) is 0 Å². The number of halogens is 2. The third-order valence-electron chi connectivity index (χ3n) is 1.65. The Hall–Kier alpha value is -1.65. The Morgan fingerprint density at radius 3 is 2.46 bits per heavy atom. The maximum absolute atomic E-state index is 12.7. The first-order chi connectivity index (χ1) is 6.02. The van der Waals surface area contributed by atoms with Crippen LogP contribution in [0.5, 0.6) is 0 Å². The molecule has 0 bridgehead atoms. The summed E-state index contributed by atoms with van der Waals surface area (Å²) in [4.78, 5) is 1.24. The molecule has 1 aromatic rings. The monoisotopic (exact) mass is 185 g/mol. The van der Waals surface area contributed by atoms with E-state index in [1.165, 1.54) is 18.0 Å². The van der Waals surface area contributed by atoms with Crippen LogP contribution in [0.4, 0.5) is 14.5 Å². The van der Waals surface area contributed by atoms with Crippen LogP contribution in [-0.2, 0) is 0 Å². The summed E-state index contributed by atoms with van der Waals surface area (Å²) in [6.07, 6.45) is 0. The predicted molar refractivity (Wildman–Crippen MR) is 46.7 cm³/mol. The molecule has 0 saturated carbocycles. The third kappa shape index (κ3) is 1.93. The van der Waals surface area contributed by atoms with E-state index in [0.29, 0.717) is 5.69 Å². The largest absolute Gasteiger partial charge is 0.370 e. The van der Waals surface area contributed by atoms with Gasteiger partial charge in [0.2, 0.25) is 0 Å². The quantitative estimate of drug-likeness (QED) is 0.511. The van der Waals surface area contributed by atoms with Gasteiger partial charge in [-0.05, 0) is 12.1 Å². The van der Waals surface area contributed by atoms with Gasteiger partial charge < -0.3 is 10.6 Å². The van der Waals surface area contributed by atoms with Gasteiger partial charge in [0.1, 0.15) is 0 Å². The van der Waals surface area contributed by atoms with E-state index >= 15 is 0 Å². The molecule has 0 atom stereocenters. The molecule has 70 valence electrons. The van der Waals surface area contributed by atoms with Gasteiger partial charge in [0, 0.05) is 18.8 Å². The Bertz CT molecular complexity index is 338. The van der Waals surface area contributed by atoms with E-state index in [4.69, 9.17) is 11.1 Å². The van der Waals surface area contributed by atoms with E-state index in [0.717, 1.165) is 12.1 Å². The molecule has 0 aliphatic rings. The molecule has 3 N–H and O–H groups in total. The van der Waals surface area contributed by atoms with Crippen LogP contribution in [-0.4, -0.2) is 13.0 Å². The highest BCUT2D eigenvalue weighted by Gasteiger charge is 2.07. The summed E-state index contributed by atoms with van der Waals surface area (Å²) in [7, 11) is 1.50. The highest BCUT2D eigenvalue weighted by atomic mass is 19.2. The average Bonchev–Trinajstić information content (AvgIpc) is 2.08. The Morgan fingerprint density at radius 2 is 2.00 bits per heavy atom. The molecule has 1 aromatic carbocycles. The van der Waals surface area contributed by atoms with Crippen molar-refractivity contribution >= 4 is 11.6 Å². The van der Waals surface area contributed by atoms with Gasteiger partial charge in [-0.25, -0.2) is 8.78 Å². The molecule has 0 aromatic heterocycles. The van der Waals surface area contributed by atoms with Crippen molar-refractivity contribution in [1.82, 2.24) is 0 Å². The first-order valence-corrected chi connectivity index (χ1v) is 3.55. The third-order valence-corrected chi connectivity index (χ3v) is 1.65. The molecule has 13 heavy (non-hydrogen) atoms. The normalized spacial score (nSPS) is 9.77. The van der Waals surface area contributed by atoms with Crippen molar-refractivity contribution in [3.63, 3.8) is 0 Å². The van der Waals surface area contributed by atoms with E-state index < -0.39 is 11.6 Å². The van der Waals surface area contributed by atoms with Gasteiger partial charge in [-0.2, -0.15) is 0 Å². The maximum Gasteiger partial charge on any atom is 0.192 e. The van der Waals surface area contributed by atoms with Gasteiger partial charge in [-0.3, -0.25) is 5.41 Å². The summed E-state index contributed by atoms with van der Waals surface area (Å²) in [6.45, 7) is 0. The number of benzene rings is 1. The molecule has 0 fully saturated rings. The summed E-state index contributed by atoms with van der Waals surface area (Å²) in [6, 6.07) is 3.32. The number of rotatable bonds is 1. The molecule has 0 spiro atoms. The van der Waals surface area contributed by atoms with Crippen molar-refractivity contribution < 1.29 is 8.78 Å². The fourth-order valence-corrected chi connectivity index (χ4v) is 0.833. The molecule has 0 amide bonds. The lowest BCUT2D eigenvalue weighted by molar-refractivity contribution is 0.509. The van der Waals surface area contributed by atoms with Gasteiger partial charge in [0.05, 0.1) is 0 Å². The van der Waals surface area contributed by atoms with Gasteiger partial charge >= 0.3 is 0 Å². The fourth-order valence-electron chi connectivity index (χ4n) is 0.833. The molecular formula is C8H9F2N3. The zero-order valence-electron chi connectivity index (χ0n) is 7.01. The minimum Gasteiger partial charge on any atom is -0.370 e. The molecule has 0 unspecified atom stereocenters. The van der Waals surface area contributed by atoms with Crippen molar-refractivity contribution in [1.29, 1.82) is 5.41 Å². The van der Waals surface area contributed by atoms with Crippen LogP contribution in [0.25, 0.3) is 0 Å². The Kier molecular flexibility index (Phi) is 2.46. The van der Waals surface area contributed by atoms with Gasteiger partial charge in [-0.1, -0.05) is 0 Å². The summed E-state index contributed by atoms with van der Waals surface area (Å²) >= 11 is 0. The topological polar surface area (TPSA) is 53.1 Å². The maximum atomic E-state index is 12.7. The van der Waals surface area contributed by atoms with Crippen LogP contribution in [0.15, 0.2) is 18.2 Å². The molecule has 0 radical (unpaired) electrons. The van der Waals surface area contributed by atoms with Crippen LogP contribution < -0.4 is 10.6 Å². The van der Waals surface area contributed by atoms with Crippen LogP contribution in [0.3, 0.4) is 0 Å². The SMILES string of the molecule is CN(C(=N)N)c1ccc(F)c(F)c1. The molecule has 0 heterocycles. The zero-order valence-corrected chi connectivity index (χ0v) is 7.01. The second-order valence-corrected chi connectivity index (χ2v) is 2.54. The summed E-state index contributed by atoms with van der Waals surface area (Å²) in [5.41, 5.74) is 5.49. The standard InChI is InChI=1S/C8H9F2N3/c1-13(8(11)12)5-2-3-6(9)7(10)4-5/h2-4H,1H3,(H3,11,12). The van der Waals surface area contributed by atoms with Crippen molar-refractivity contribution in [3.05, 3.63) is 29.8 Å². The lowest BCUT2D eigenvalue weighted by Gasteiger charge is -2.16. The minimum atomic E-state index is -0.953. The van der Waals surface area contributed by atoms with Crippen molar-refractivity contribution in [2.75, 3.05) is 11.9 Å². The van der Waals surface area contributed by atoms with Crippen LogP contribution in [0.2, 0.25) is 0 Å². The van der Waals surface area contributed by atoms with E-state index in [1.807, 2.05) is 0 Å². The number of nitrogens with zero attached hydrogens (tertiary/aromatic N) is 1. The Labute approximate surface area is 74.3 Å². The average molecular weight is 185 g/mol. The van der Waals surface area contributed by atoms with Crippen molar-refractivity contribution in [2.24, 2.45) is 5.73 Å². The van der Waals surface area contributed by atoms with E-state index in [-0.39, 0.29) is 5.96 Å². The van der Waals surface area contributed by atoms with Gasteiger partial charge in [-0.15, -0.1) is 0 Å². The van der Waals surface area contributed by atoms with Gasteiger partial charge in [0.15, 0.2) is 17.6 Å². The summed E-state index contributed by atoms with van der Waals surface area (Å²) in [5, 5.41) is 7.05. The number of hydrogen-bond donors (Lipinski definition) is 2. The summed E-state index contributed by atoms with van der Waals surface area (Å²) in [5.74, 6) is -2.10. The first-order valence-electron chi connectivity index (χ1n) is 3.55. The molecule has 5 heteroatoms. The molecule has 0 saturated heterocycles. The number of nitrogens with two attached hydrogens (primary N) is 1. The molecule has 3 nitrogen and oxygen atoms in total. The first kappa shape index (κ1) is 9.44. The highest BCUT2D eigenvalue weighted by Crippen LogP contribution is 2.15. The van der Waals surface area contributed by atoms with Crippen LogP contribution in [0.1, 0.15) is 0 Å². The zero-order chi connectivity index (χ0) is 10.0. The fraction of sp³-hybridized carbons (Fsp3) is 0.125. The minimum absolute atomic E-state index is 0.231. The van der Waals surface area contributed by atoms with Gasteiger partial charge in [0.25, 0.3) is 0 Å². The Morgan fingerprint density at radius 1 is 1.38 bits per heavy atom. The van der Waals surface area contributed by atoms with E-state index in [2.05, 4.69) is 0 Å². The Balaban J connectivity index is 3.03. The summed E-state index contributed by atoms with van der Waals surface area (Å²) < 4.78 is 25.2. The highest BCUT2D eigenvalue weighted by molar-refractivity contribution is 5.91. The number of hydrogen-bond acceptors (Lipinski definition) is 1. The second-order valence-electron chi connectivity index (χ2n) is 2.54. The molecule has 1 rings (SSSR count).